The van der Waals surface area contributed by atoms with E-state index in [1.54, 1.807) is 6.20 Å². The number of pyridine rings is 1. The molecule has 0 bridgehead atoms. The summed E-state index contributed by atoms with van der Waals surface area (Å²) in [6, 6.07) is 2.02. The highest BCUT2D eigenvalue weighted by Crippen LogP contribution is 2.30. The smallest absolute Gasteiger partial charge is 0.357 e. The second kappa shape index (κ2) is 4.64. The first-order valence-corrected chi connectivity index (χ1v) is 5.90. The molecule has 1 heterocycles. The number of fused-ring (bicyclic) bond motifs is 1. The van der Waals surface area contributed by atoms with Crippen molar-refractivity contribution >= 4 is 5.97 Å². The van der Waals surface area contributed by atoms with Crippen LogP contribution in [-0.2, 0) is 17.6 Å². The summed E-state index contributed by atoms with van der Waals surface area (Å²) in [6.07, 6.45) is 4.90. The Morgan fingerprint density at radius 2 is 2.31 bits per heavy atom. The molecule has 3 nitrogen and oxygen atoms in total. The molecular weight excluding hydrogens is 202 g/mol. The highest BCUT2D eigenvalue weighted by molar-refractivity contribution is 5.89. The Labute approximate surface area is 95.8 Å². The van der Waals surface area contributed by atoms with E-state index in [2.05, 4.69) is 11.9 Å². The van der Waals surface area contributed by atoms with Crippen LogP contribution in [0.25, 0.3) is 0 Å². The summed E-state index contributed by atoms with van der Waals surface area (Å²) in [7, 11) is 0. The van der Waals surface area contributed by atoms with Crippen LogP contribution in [0.4, 0.5) is 0 Å². The fraction of sp³-hybridized carbons (Fsp3) is 0.538. The third-order valence-corrected chi connectivity index (χ3v) is 3.20. The van der Waals surface area contributed by atoms with Crippen LogP contribution in [0.5, 0.6) is 0 Å². The summed E-state index contributed by atoms with van der Waals surface area (Å²) in [5, 5.41) is 0. The van der Waals surface area contributed by atoms with E-state index < -0.39 is 0 Å². The van der Waals surface area contributed by atoms with Gasteiger partial charge in [0.1, 0.15) is 0 Å². The molecular formula is C13H17NO2. The predicted octanol–water partition coefficient (Wildman–Crippen LogP) is 2.38. The number of nitrogens with zero attached hydrogens (tertiary/aromatic N) is 1. The largest absolute Gasteiger partial charge is 0.461 e. The van der Waals surface area contributed by atoms with Gasteiger partial charge in [0.15, 0.2) is 5.69 Å². The molecule has 0 radical (unpaired) electrons. The number of rotatable bonds is 3. The van der Waals surface area contributed by atoms with Crippen LogP contribution in [0.15, 0.2) is 12.3 Å². The molecule has 0 aromatic carbocycles. The molecule has 1 aliphatic rings. The fourth-order valence-electron chi connectivity index (χ4n) is 2.29. The molecule has 0 fully saturated rings. The van der Waals surface area contributed by atoms with Gasteiger partial charge in [0, 0.05) is 6.20 Å². The first-order valence-electron chi connectivity index (χ1n) is 5.90. The zero-order chi connectivity index (χ0) is 11.5. The average molecular weight is 219 g/mol. The number of aromatic nitrogens is 1. The molecule has 0 saturated carbocycles. The highest BCUT2D eigenvalue weighted by atomic mass is 16.5. The van der Waals surface area contributed by atoms with Crippen molar-refractivity contribution in [2.24, 2.45) is 5.92 Å². The molecule has 1 aromatic rings. The van der Waals surface area contributed by atoms with E-state index in [1.807, 2.05) is 13.0 Å². The summed E-state index contributed by atoms with van der Waals surface area (Å²) in [5.74, 6) is 0.378. The highest BCUT2D eigenvalue weighted by Gasteiger charge is 2.26. The number of esters is 1. The van der Waals surface area contributed by atoms with Gasteiger partial charge in [0.25, 0.3) is 0 Å². The van der Waals surface area contributed by atoms with Gasteiger partial charge in [0.2, 0.25) is 0 Å². The van der Waals surface area contributed by atoms with Crippen molar-refractivity contribution in [2.45, 2.75) is 33.1 Å². The SMILES string of the molecule is CCOC(=O)c1nccc2c1C[C@H](CC)C2. The topological polar surface area (TPSA) is 39.2 Å². The standard InChI is InChI=1S/C13H17NO2/c1-3-9-7-10-5-6-14-12(11(10)8-9)13(15)16-4-2/h5-6,9H,3-4,7-8H2,1-2H3/t9-/m1/s1. The van der Waals surface area contributed by atoms with Gasteiger partial charge < -0.3 is 4.74 Å². The normalized spacial score (nSPS) is 18.2. The van der Waals surface area contributed by atoms with Crippen LogP contribution in [0.2, 0.25) is 0 Å². The maximum absolute atomic E-state index is 11.7. The Bertz CT molecular complexity index is 401. The summed E-state index contributed by atoms with van der Waals surface area (Å²) in [6.45, 7) is 4.41. The Morgan fingerprint density at radius 1 is 1.50 bits per heavy atom. The lowest BCUT2D eigenvalue weighted by Gasteiger charge is -2.06. The van der Waals surface area contributed by atoms with E-state index in [9.17, 15) is 4.79 Å². The Kier molecular flexibility index (Phi) is 3.22. The van der Waals surface area contributed by atoms with Crippen molar-refractivity contribution in [3.63, 3.8) is 0 Å². The quantitative estimate of drug-likeness (QED) is 0.733. The van der Waals surface area contributed by atoms with Crippen molar-refractivity contribution in [3.8, 4) is 0 Å². The van der Waals surface area contributed by atoms with Crippen LogP contribution in [0.1, 0.15) is 41.9 Å². The third-order valence-electron chi connectivity index (χ3n) is 3.20. The van der Waals surface area contributed by atoms with Crippen LogP contribution in [0, 0.1) is 5.92 Å². The second-order valence-electron chi connectivity index (χ2n) is 4.20. The summed E-state index contributed by atoms with van der Waals surface area (Å²) >= 11 is 0. The average Bonchev–Trinajstić information content (AvgIpc) is 2.71. The maximum atomic E-state index is 11.7. The molecule has 1 aromatic heterocycles. The Morgan fingerprint density at radius 3 is 3.00 bits per heavy atom. The van der Waals surface area contributed by atoms with Crippen molar-refractivity contribution in [2.75, 3.05) is 6.61 Å². The molecule has 0 aliphatic heterocycles. The lowest BCUT2D eigenvalue weighted by molar-refractivity contribution is 0.0518. The van der Waals surface area contributed by atoms with Crippen molar-refractivity contribution in [3.05, 3.63) is 29.1 Å². The minimum absolute atomic E-state index is 0.281. The summed E-state index contributed by atoms with van der Waals surface area (Å²) in [4.78, 5) is 15.9. The monoisotopic (exact) mass is 219 g/mol. The number of hydrogen-bond acceptors (Lipinski definition) is 3. The van der Waals surface area contributed by atoms with Gasteiger partial charge in [-0.05, 0) is 42.9 Å². The molecule has 0 amide bonds. The van der Waals surface area contributed by atoms with E-state index in [0.717, 1.165) is 24.8 Å². The number of hydrogen-bond donors (Lipinski definition) is 0. The van der Waals surface area contributed by atoms with Crippen LogP contribution < -0.4 is 0 Å². The van der Waals surface area contributed by atoms with Gasteiger partial charge >= 0.3 is 5.97 Å². The molecule has 0 spiro atoms. The Balaban J connectivity index is 2.29. The van der Waals surface area contributed by atoms with Crippen molar-refractivity contribution in [1.82, 2.24) is 4.98 Å². The van der Waals surface area contributed by atoms with Gasteiger partial charge in [-0.25, -0.2) is 9.78 Å². The Hall–Kier alpha value is -1.38. The van der Waals surface area contributed by atoms with Crippen molar-refractivity contribution in [1.29, 1.82) is 0 Å². The first-order chi connectivity index (χ1) is 7.76. The second-order valence-corrected chi connectivity index (χ2v) is 4.20. The van der Waals surface area contributed by atoms with E-state index in [-0.39, 0.29) is 5.97 Å². The minimum Gasteiger partial charge on any atom is -0.461 e. The summed E-state index contributed by atoms with van der Waals surface area (Å²) < 4.78 is 5.02. The van der Waals surface area contributed by atoms with E-state index >= 15 is 0 Å². The molecule has 1 aliphatic carbocycles. The molecule has 86 valence electrons. The lowest BCUT2D eigenvalue weighted by Crippen LogP contribution is -2.10. The van der Waals surface area contributed by atoms with Crippen molar-refractivity contribution < 1.29 is 9.53 Å². The lowest BCUT2D eigenvalue weighted by atomic mass is 10.0. The third kappa shape index (κ3) is 1.94. The molecule has 16 heavy (non-hydrogen) atoms. The molecule has 1 atom stereocenters. The molecule has 0 unspecified atom stereocenters. The predicted molar refractivity (Wildman–Crippen MR) is 61.4 cm³/mol. The van der Waals surface area contributed by atoms with Gasteiger partial charge in [-0.1, -0.05) is 13.3 Å². The molecule has 0 saturated heterocycles. The zero-order valence-electron chi connectivity index (χ0n) is 9.82. The molecule has 2 rings (SSSR count). The number of carbonyl (C=O) groups is 1. The van der Waals surface area contributed by atoms with Crippen LogP contribution >= 0.6 is 0 Å². The van der Waals surface area contributed by atoms with Gasteiger partial charge in [-0.3, -0.25) is 0 Å². The minimum atomic E-state index is -0.281. The van der Waals surface area contributed by atoms with Gasteiger partial charge in [-0.15, -0.1) is 0 Å². The van der Waals surface area contributed by atoms with E-state index in [4.69, 9.17) is 4.74 Å². The van der Waals surface area contributed by atoms with Crippen LogP contribution in [-0.4, -0.2) is 17.6 Å². The fourth-order valence-corrected chi connectivity index (χ4v) is 2.29. The van der Waals surface area contributed by atoms with E-state index in [0.29, 0.717) is 18.2 Å². The van der Waals surface area contributed by atoms with E-state index in [1.165, 1.54) is 5.56 Å². The maximum Gasteiger partial charge on any atom is 0.357 e. The first kappa shape index (κ1) is 11.1. The zero-order valence-corrected chi connectivity index (χ0v) is 9.82. The number of ether oxygens (including phenoxy) is 1. The summed E-state index contributed by atoms with van der Waals surface area (Å²) in [5.41, 5.74) is 2.90. The molecule has 3 heteroatoms. The molecule has 0 N–H and O–H groups in total. The number of carbonyl (C=O) groups excluding carboxylic acids is 1. The van der Waals surface area contributed by atoms with Crippen LogP contribution in [0.3, 0.4) is 0 Å². The van der Waals surface area contributed by atoms with Gasteiger partial charge in [0.05, 0.1) is 6.61 Å². The van der Waals surface area contributed by atoms with Gasteiger partial charge in [-0.2, -0.15) is 0 Å².